The van der Waals surface area contributed by atoms with E-state index in [-0.39, 0.29) is 5.56 Å². The van der Waals surface area contributed by atoms with E-state index in [2.05, 4.69) is 51.4 Å². The summed E-state index contributed by atoms with van der Waals surface area (Å²) in [5, 5.41) is 9.58. The van der Waals surface area contributed by atoms with E-state index >= 15 is 0 Å². The fourth-order valence-electron chi connectivity index (χ4n) is 4.77. The molecule has 0 unspecified atom stereocenters. The largest absolute Gasteiger partial charge is 0.488 e. The molecule has 186 valence electrons. The maximum Gasteiger partial charge on any atom is 0.282 e. The number of benzene rings is 5. The van der Waals surface area contributed by atoms with Crippen molar-refractivity contribution in [3.05, 3.63) is 129 Å². The van der Waals surface area contributed by atoms with Crippen LogP contribution in [0.4, 0.5) is 0 Å². The number of nitrogens with zero attached hydrogens (tertiary/aromatic N) is 3. The molecule has 1 aromatic heterocycles. The number of ether oxygens (including phenoxy) is 1. The topological polar surface area (TPSA) is 56.5 Å². The fourth-order valence-corrected chi connectivity index (χ4v) is 5.13. The van der Waals surface area contributed by atoms with E-state index in [1.165, 1.54) is 15.4 Å². The van der Waals surface area contributed by atoms with Crippen LogP contribution in [0, 0.1) is 0 Å². The summed E-state index contributed by atoms with van der Waals surface area (Å²) in [6.07, 6.45) is 2.28. The van der Waals surface area contributed by atoms with Gasteiger partial charge in [-0.05, 0) is 51.4 Å². The smallest absolute Gasteiger partial charge is 0.282 e. The van der Waals surface area contributed by atoms with Crippen LogP contribution in [0.2, 0.25) is 0 Å². The van der Waals surface area contributed by atoms with Crippen molar-refractivity contribution >= 4 is 54.6 Å². The molecule has 0 aliphatic heterocycles. The Hall–Kier alpha value is -4.29. The Labute approximate surface area is 228 Å². The van der Waals surface area contributed by atoms with Crippen molar-refractivity contribution in [2.45, 2.75) is 20.0 Å². The Kier molecular flexibility index (Phi) is 6.48. The van der Waals surface area contributed by atoms with Crippen molar-refractivity contribution in [2.75, 3.05) is 0 Å². The molecule has 0 amide bonds. The first kappa shape index (κ1) is 24.1. The predicted molar refractivity (Wildman–Crippen MR) is 158 cm³/mol. The average Bonchev–Trinajstić information content (AvgIpc) is 2.96. The van der Waals surface area contributed by atoms with Crippen molar-refractivity contribution in [2.24, 2.45) is 5.10 Å². The molecule has 6 heteroatoms. The first-order valence-corrected chi connectivity index (χ1v) is 13.3. The normalized spacial score (nSPS) is 11.6. The van der Waals surface area contributed by atoms with Gasteiger partial charge in [-0.1, -0.05) is 95.7 Å². The molecule has 0 aliphatic rings. The molecule has 0 saturated carbocycles. The van der Waals surface area contributed by atoms with E-state index in [0.717, 1.165) is 26.4 Å². The molecule has 0 aliphatic carbocycles. The summed E-state index contributed by atoms with van der Waals surface area (Å²) < 4.78 is 8.62. The molecular formula is C32H24BrN3O2. The lowest BCUT2D eigenvalue weighted by atomic mass is 10.0. The highest BCUT2D eigenvalue weighted by atomic mass is 79.9. The third kappa shape index (κ3) is 4.48. The van der Waals surface area contributed by atoms with Gasteiger partial charge < -0.3 is 4.74 Å². The monoisotopic (exact) mass is 561 g/mol. The first-order chi connectivity index (χ1) is 18.6. The molecule has 0 bridgehead atoms. The summed E-state index contributed by atoms with van der Waals surface area (Å²) in [4.78, 5) is 18.1. The van der Waals surface area contributed by atoms with Crippen LogP contribution >= 0.6 is 15.9 Å². The fraction of sp³-hybridized carbons (Fsp3) is 0.0938. The van der Waals surface area contributed by atoms with Crippen molar-refractivity contribution < 1.29 is 4.74 Å². The second-order valence-electron chi connectivity index (χ2n) is 9.03. The predicted octanol–water partition coefficient (Wildman–Crippen LogP) is 7.49. The molecule has 0 atom stereocenters. The highest BCUT2D eigenvalue weighted by Crippen LogP contribution is 2.29. The zero-order valence-corrected chi connectivity index (χ0v) is 22.4. The van der Waals surface area contributed by atoms with Crippen molar-refractivity contribution in [3.8, 4) is 5.75 Å². The van der Waals surface area contributed by atoms with Gasteiger partial charge in [0, 0.05) is 16.5 Å². The van der Waals surface area contributed by atoms with Crippen molar-refractivity contribution in [1.29, 1.82) is 0 Å². The van der Waals surface area contributed by atoms with E-state index in [1.54, 1.807) is 12.3 Å². The number of aromatic nitrogens is 2. The van der Waals surface area contributed by atoms with Gasteiger partial charge in [0.25, 0.3) is 5.56 Å². The second kappa shape index (κ2) is 10.2. The first-order valence-electron chi connectivity index (χ1n) is 12.5. The van der Waals surface area contributed by atoms with E-state index in [0.29, 0.717) is 35.5 Å². The van der Waals surface area contributed by atoms with Crippen LogP contribution in [0.5, 0.6) is 5.75 Å². The van der Waals surface area contributed by atoms with Gasteiger partial charge in [0.2, 0.25) is 0 Å². The minimum atomic E-state index is -0.206. The highest BCUT2D eigenvalue weighted by Gasteiger charge is 2.12. The zero-order chi connectivity index (χ0) is 26.1. The summed E-state index contributed by atoms with van der Waals surface area (Å²) in [6.45, 7) is 2.38. The molecule has 0 radical (unpaired) electrons. The zero-order valence-electron chi connectivity index (χ0n) is 20.8. The van der Waals surface area contributed by atoms with Crippen molar-refractivity contribution in [1.82, 2.24) is 9.66 Å². The standard InChI is InChI=1S/C32H24BrN3O2/c1-2-31-35-29-16-15-24(33)18-27(29)32(37)36(31)34-19-28-26-13-6-4-9-22(26)14-17-30(28)38-20-23-11-7-10-21-8-3-5-12-25(21)23/h3-19H,2,20H2,1H3. The molecular weight excluding hydrogens is 538 g/mol. The van der Waals surface area contributed by atoms with Crippen molar-refractivity contribution in [3.63, 3.8) is 0 Å². The minimum absolute atomic E-state index is 0.206. The molecule has 6 aromatic rings. The Morgan fingerprint density at radius 3 is 2.42 bits per heavy atom. The Morgan fingerprint density at radius 2 is 1.61 bits per heavy atom. The molecule has 6 rings (SSSR count). The summed E-state index contributed by atoms with van der Waals surface area (Å²) in [6, 6.07) is 32.2. The van der Waals surface area contributed by atoms with Gasteiger partial charge in [-0.15, -0.1) is 0 Å². The Bertz CT molecular complexity index is 1900. The van der Waals surface area contributed by atoms with Crippen LogP contribution in [0.15, 0.2) is 111 Å². The van der Waals surface area contributed by atoms with Gasteiger partial charge in [-0.2, -0.15) is 9.78 Å². The Morgan fingerprint density at radius 1 is 0.868 bits per heavy atom. The van der Waals surface area contributed by atoms with Gasteiger partial charge in [-0.25, -0.2) is 4.98 Å². The Balaban J connectivity index is 1.44. The number of rotatable bonds is 6. The van der Waals surface area contributed by atoms with E-state index in [4.69, 9.17) is 9.72 Å². The quantitative estimate of drug-likeness (QED) is 0.198. The lowest BCUT2D eigenvalue weighted by molar-refractivity contribution is 0.307. The summed E-state index contributed by atoms with van der Waals surface area (Å²) in [5.74, 6) is 1.29. The molecule has 0 fully saturated rings. The van der Waals surface area contributed by atoms with Crippen LogP contribution in [0.1, 0.15) is 23.9 Å². The molecule has 0 N–H and O–H groups in total. The highest BCUT2D eigenvalue weighted by molar-refractivity contribution is 9.10. The number of hydrogen-bond acceptors (Lipinski definition) is 4. The lowest BCUT2D eigenvalue weighted by Gasteiger charge is -2.14. The summed E-state index contributed by atoms with van der Waals surface area (Å²) >= 11 is 3.46. The molecule has 0 saturated heterocycles. The van der Waals surface area contributed by atoms with Gasteiger partial charge in [0.05, 0.1) is 17.1 Å². The maximum absolute atomic E-state index is 13.4. The van der Waals surface area contributed by atoms with Gasteiger partial charge in [0.15, 0.2) is 0 Å². The number of halogens is 1. The molecule has 5 aromatic carbocycles. The van der Waals surface area contributed by atoms with E-state index in [9.17, 15) is 4.79 Å². The van der Waals surface area contributed by atoms with Gasteiger partial charge in [0.1, 0.15) is 18.2 Å². The molecule has 38 heavy (non-hydrogen) atoms. The van der Waals surface area contributed by atoms with Crippen LogP contribution in [0.25, 0.3) is 32.4 Å². The van der Waals surface area contributed by atoms with Crippen LogP contribution in [0.3, 0.4) is 0 Å². The lowest BCUT2D eigenvalue weighted by Crippen LogP contribution is -2.22. The third-order valence-corrected chi connectivity index (χ3v) is 7.18. The molecule has 5 nitrogen and oxygen atoms in total. The van der Waals surface area contributed by atoms with Crippen LogP contribution in [-0.4, -0.2) is 15.9 Å². The third-order valence-electron chi connectivity index (χ3n) is 6.69. The number of hydrogen-bond donors (Lipinski definition) is 0. The van der Waals surface area contributed by atoms with Crippen LogP contribution in [-0.2, 0) is 13.0 Å². The number of fused-ring (bicyclic) bond motifs is 3. The summed E-state index contributed by atoms with van der Waals surface area (Å²) in [7, 11) is 0. The van der Waals surface area contributed by atoms with Crippen LogP contribution < -0.4 is 10.3 Å². The van der Waals surface area contributed by atoms with E-state index < -0.39 is 0 Å². The maximum atomic E-state index is 13.4. The summed E-state index contributed by atoms with van der Waals surface area (Å²) in [5.41, 5.74) is 2.37. The van der Waals surface area contributed by atoms with Gasteiger partial charge >= 0.3 is 0 Å². The van der Waals surface area contributed by atoms with E-state index in [1.807, 2.05) is 67.6 Å². The van der Waals surface area contributed by atoms with Gasteiger partial charge in [-0.3, -0.25) is 4.79 Å². The average molecular weight is 562 g/mol. The minimum Gasteiger partial charge on any atom is -0.488 e. The molecule has 0 spiro atoms. The molecule has 1 heterocycles. The SMILES string of the molecule is CCc1nc2ccc(Br)cc2c(=O)n1N=Cc1c(OCc2cccc3ccccc23)ccc2ccccc12. The number of aryl methyl sites for hydroxylation is 1. The second-order valence-corrected chi connectivity index (χ2v) is 9.95.